The third-order valence-corrected chi connectivity index (χ3v) is 11.0. The SMILES string of the molecule is C[C@@H](NC(=O)c1cccc(S(=O)(=O)N(Cc2ccccc2)c2ccccc2)c1)C12CC3CC(CC(C3)C1)C2. The van der Waals surface area contributed by atoms with Crippen LogP contribution in [-0.4, -0.2) is 20.4 Å². The van der Waals surface area contributed by atoms with Crippen LogP contribution in [0.2, 0.25) is 0 Å². The summed E-state index contributed by atoms with van der Waals surface area (Å²) in [4.78, 5) is 13.6. The predicted molar refractivity (Wildman–Crippen MR) is 150 cm³/mol. The van der Waals surface area contributed by atoms with Crippen molar-refractivity contribution in [2.75, 3.05) is 4.31 Å². The van der Waals surface area contributed by atoms with E-state index < -0.39 is 10.0 Å². The normalized spacial score (nSPS) is 26.6. The van der Waals surface area contributed by atoms with Crippen LogP contribution in [-0.2, 0) is 16.6 Å². The van der Waals surface area contributed by atoms with Gasteiger partial charge >= 0.3 is 0 Å². The van der Waals surface area contributed by atoms with E-state index in [1.165, 1.54) is 48.9 Å². The number of hydrogen-bond donors (Lipinski definition) is 1. The molecular formula is C32H36N2O3S. The molecule has 0 saturated heterocycles. The zero-order chi connectivity index (χ0) is 26.3. The molecule has 4 saturated carbocycles. The van der Waals surface area contributed by atoms with Crippen LogP contribution in [0.1, 0.15) is 61.4 Å². The van der Waals surface area contributed by atoms with Crippen LogP contribution >= 0.6 is 0 Å². The Bertz CT molecular complexity index is 1370. The highest BCUT2D eigenvalue weighted by Gasteiger charge is 2.53. The Labute approximate surface area is 226 Å². The number of rotatable bonds is 8. The van der Waals surface area contributed by atoms with E-state index in [9.17, 15) is 13.2 Å². The molecule has 0 aliphatic heterocycles. The van der Waals surface area contributed by atoms with E-state index in [2.05, 4.69) is 12.2 Å². The molecule has 0 heterocycles. The fourth-order valence-electron chi connectivity index (χ4n) is 7.72. The van der Waals surface area contributed by atoms with E-state index in [1.807, 2.05) is 48.5 Å². The van der Waals surface area contributed by atoms with Crippen LogP contribution in [0.5, 0.6) is 0 Å². The maximum Gasteiger partial charge on any atom is 0.264 e. The molecule has 4 fully saturated rings. The lowest BCUT2D eigenvalue weighted by Gasteiger charge is -2.59. The number of para-hydroxylation sites is 1. The number of benzene rings is 3. The second-order valence-electron chi connectivity index (χ2n) is 11.8. The minimum Gasteiger partial charge on any atom is -0.349 e. The molecule has 3 aromatic carbocycles. The fourth-order valence-corrected chi connectivity index (χ4v) is 9.22. The Balaban J connectivity index is 1.25. The lowest BCUT2D eigenvalue weighted by atomic mass is 9.48. The van der Waals surface area contributed by atoms with Gasteiger partial charge in [0.25, 0.3) is 15.9 Å². The Kier molecular flexibility index (Phi) is 6.55. The van der Waals surface area contributed by atoms with Crippen molar-refractivity contribution in [2.24, 2.45) is 23.2 Å². The standard InChI is InChI=1S/C32H36N2O3S/c1-23(32-19-25-15-26(20-32)17-27(16-25)21-32)33-31(35)28-11-8-14-30(18-28)38(36,37)34(29-12-6-3-7-13-29)22-24-9-4-2-5-10-24/h2-14,18,23,25-27H,15-17,19-22H2,1H3,(H,33,35)/t23-,25?,26?,27?,32?/m1/s1. The van der Waals surface area contributed by atoms with Crippen molar-refractivity contribution in [1.82, 2.24) is 5.32 Å². The van der Waals surface area contributed by atoms with Gasteiger partial charge in [-0.15, -0.1) is 0 Å². The number of carbonyl (C=O) groups excluding carboxylic acids is 1. The number of sulfonamides is 1. The van der Waals surface area contributed by atoms with E-state index in [1.54, 1.807) is 30.3 Å². The monoisotopic (exact) mass is 528 g/mol. The smallest absolute Gasteiger partial charge is 0.264 e. The highest BCUT2D eigenvalue weighted by Crippen LogP contribution is 2.61. The zero-order valence-corrected chi connectivity index (χ0v) is 22.7. The van der Waals surface area contributed by atoms with Crippen molar-refractivity contribution in [3.05, 3.63) is 96.1 Å². The van der Waals surface area contributed by atoms with E-state index in [0.29, 0.717) is 11.3 Å². The third kappa shape index (κ3) is 4.75. The molecule has 3 aromatic rings. The predicted octanol–water partition coefficient (Wildman–Crippen LogP) is 6.42. The largest absolute Gasteiger partial charge is 0.349 e. The maximum absolute atomic E-state index is 14.0. The average molecular weight is 529 g/mol. The van der Waals surface area contributed by atoms with Crippen LogP contribution in [0, 0.1) is 23.2 Å². The molecule has 1 amide bonds. The summed E-state index contributed by atoms with van der Waals surface area (Å²) in [6, 6.07) is 25.2. The molecule has 0 unspecified atom stereocenters. The summed E-state index contributed by atoms with van der Waals surface area (Å²) >= 11 is 0. The molecule has 0 aromatic heterocycles. The molecule has 4 aliphatic carbocycles. The topological polar surface area (TPSA) is 66.5 Å². The van der Waals surface area contributed by atoms with E-state index >= 15 is 0 Å². The molecule has 4 bridgehead atoms. The average Bonchev–Trinajstić information content (AvgIpc) is 2.92. The van der Waals surface area contributed by atoms with Gasteiger partial charge in [0.2, 0.25) is 0 Å². The van der Waals surface area contributed by atoms with Gasteiger partial charge in [-0.1, -0.05) is 54.6 Å². The van der Waals surface area contributed by atoms with Gasteiger partial charge in [-0.05, 0) is 105 Å². The maximum atomic E-state index is 14.0. The minimum absolute atomic E-state index is 0.0718. The van der Waals surface area contributed by atoms with Crippen LogP contribution in [0.15, 0.2) is 89.8 Å². The van der Waals surface area contributed by atoms with Crippen LogP contribution in [0.4, 0.5) is 5.69 Å². The van der Waals surface area contributed by atoms with Gasteiger partial charge in [-0.3, -0.25) is 9.10 Å². The van der Waals surface area contributed by atoms with Gasteiger partial charge in [0.15, 0.2) is 0 Å². The molecule has 38 heavy (non-hydrogen) atoms. The summed E-state index contributed by atoms with van der Waals surface area (Å²) in [5.41, 5.74) is 2.05. The Morgan fingerprint density at radius 3 is 2.05 bits per heavy atom. The molecule has 7 rings (SSSR count). The molecule has 0 radical (unpaired) electrons. The number of amides is 1. The second kappa shape index (κ2) is 9.88. The van der Waals surface area contributed by atoms with Crippen LogP contribution < -0.4 is 9.62 Å². The van der Waals surface area contributed by atoms with E-state index in [4.69, 9.17) is 0 Å². The van der Waals surface area contributed by atoms with Crippen LogP contribution in [0.3, 0.4) is 0 Å². The van der Waals surface area contributed by atoms with E-state index in [-0.39, 0.29) is 28.8 Å². The van der Waals surface area contributed by atoms with Gasteiger partial charge < -0.3 is 5.32 Å². The number of anilines is 1. The first-order chi connectivity index (χ1) is 18.3. The zero-order valence-electron chi connectivity index (χ0n) is 21.9. The molecule has 4 aliphatic rings. The summed E-state index contributed by atoms with van der Waals surface area (Å²) in [6.07, 6.45) is 7.71. The van der Waals surface area contributed by atoms with Crippen molar-refractivity contribution >= 4 is 21.6 Å². The first-order valence-corrected chi connectivity index (χ1v) is 15.3. The summed E-state index contributed by atoms with van der Waals surface area (Å²) in [5.74, 6) is 2.23. The molecule has 198 valence electrons. The first-order valence-electron chi connectivity index (χ1n) is 13.8. The molecule has 5 nitrogen and oxygen atoms in total. The Morgan fingerprint density at radius 1 is 0.868 bits per heavy atom. The van der Waals surface area contributed by atoms with Crippen molar-refractivity contribution in [3.8, 4) is 0 Å². The first kappa shape index (κ1) is 25.2. The lowest BCUT2D eigenvalue weighted by Crippen LogP contribution is -2.55. The highest BCUT2D eigenvalue weighted by atomic mass is 32.2. The van der Waals surface area contributed by atoms with E-state index in [0.717, 1.165) is 23.3 Å². The Hall–Kier alpha value is -3.12. The molecule has 6 heteroatoms. The number of nitrogens with zero attached hydrogens (tertiary/aromatic N) is 1. The number of carbonyl (C=O) groups is 1. The number of hydrogen-bond acceptors (Lipinski definition) is 3. The van der Waals surface area contributed by atoms with Gasteiger partial charge in [-0.2, -0.15) is 0 Å². The Morgan fingerprint density at radius 2 is 1.45 bits per heavy atom. The summed E-state index contributed by atoms with van der Waals surface area (Å²) in [6.45, 7) is 2.36. The van der Waals surface area contributed by atoms with Crippen molar-refractivity contribution in [3.63, 3.8) is 0 Å². The van der Waals surface area contributed by atoms with Gasteiger partial charge in [0, 0.05) is 11.6 Å². The van der Waals surface area contributed by atoms with Gasteiger partial charge in [0.1, 0.15) is 0 Å². The van der Waals surface area contributed by atoms with Crippen LogP contribution in [0.25, 0.3) is 0 Å². The summed E-state index contributed by atoms with van der Waals surface area (Å²) in [5, 5.41) is 3.29. The van der Waals surface area contributed by atoms with Crippen molar-refractivity contribution in [1.29, 1.82) is 0 Å². The molecule has 1 N–H and O–H groups in total. The molecular weight excluding hydrogens is 492 g/mol. The van der Waals surface area contributed by atoms with Crippen molar-refractivity contribution < 1.29 is 13.2 Å². The minimum atomic E-state index is -3.92. The summed E-state index contributed by atoms with van der Waals surface area (Å²) < 4.78 is 29.3. The quantitative estimate of drug-likeness (QED) is 0.367. The second-order valence-corrected chi connectivity index (χ2v) is 13.7. The highest BCUT2D eigenvalue weighted by molar-refractivity contribution is 7.92. The molecule has 1 atom stereocenters. The van der Waals surface area contributed by atoms with Gasteiger partial charge in [-0.25, -0.2) is 8.42 Å². The summed E-state index contributed by atoms with van der Waals surface area (Å²) in [7, 11) is -3.92. The lowest BCUT2D eigenvalue weighted by molar-refractivity contribution is -0.0688. The van der Waals surface area contributed by atoms with Crippen molar-refractivity contribution in [2.45, 2.75) is 62.9 Å². The molecule has 0 spiro atoms. The third-order valence-electron chi connectivity index (χ3n) is 9.25. The number of nitrogens with one attached hydrogen (secondary N) is 1. The van der Waals surface area contributed by atoms with Gasteiger partial charge in [0.05, 0.1) is 17.1 Å². The fraction of sp³-hybridized carbons (Fsp3) is 0.406.